The summed E-state index contributed by atoms with van der Waals surface area (Å²) in [4.78, 5) is 15.6. The number of pyridine rings is 1. The molecule has 1 aliphatic carbocycles. The number of hydrogen-bond acceptors (Lipinski definition) is 6. The van der Waals surface area contributed by atoms with E-state index in [9.17, 15) is 4.79 Å². The topological polar surface area (TPSA) is 107 Å². The van der Waals surface area contributed by atoms with E-state index in [1.807, 2.05) is 22.5 Å². The third-order valence-corrected chi connectivity index (χ3v) is 6.36. The SMILES string of the molecule is CC(C)C(C1CC1)n1cc(-c2cc(N3CCOCC3)n(C)n2)c2[nH]nc(N)c2c1=O. The highest BCUT2D eigenvalue weighted by molar-refractivity contribution is 5.97. The Hall–Kier alpha value is -2.81. The number of aromatic amines is 1. The molecule has 1 saturated heterocycles. The average molecular weight is 412 g/mol. The lowest BCUT2D eigenvalue weighted by Gasteiger charge is -2.28. The van der Waals surface area contributed by atoms with Gasteiger partial charge in [0.25, 0.3) is 5.56 Å². The fourth-order valence-electron chi connectivity index (χ4n) is 4.78. The minimum absolute atomic E-state index is 0.0741. The van der Waals surface area contributed by atoms with Gasteiger partial charge in [-0.15, -0.1) is 0 Å². The minimum Gasteiger partial charge on any atom is -0.382 e. The predicted octanol–water partition coefficient (Wildman–Crippen LogP) is 2.15. The molecule has 0 amide bonds. The number of aromatic nitrogens is 5. The van der Waals surface area contributed by atoms with Crippen molar-refractivity contribution in [3.05, 3.63) is 22.6 Å². The third kappa shape index (κ3) is 3.08. The van der Waals surface area contributed by atoms with Crippen LogP contribution in [0.2, 0.25) is 0 Å². The van der Waals surface area contributed by atoms with E-state index in [2.05, 4.69) is 35.0 Å². The summed E-state index contributed by atoms with van der Waals surface area (Å²) in [7, 11) is 1.95. The van der Waals surface area contributed by atoms with E-state index >= 15 is 0 Å². The molecule has 1 atom stereocenters. The number of nitrogens with zero attached hydrogens (tertiary/aromatic N) is 5. The summed E-state index contributed by atoms with van der Waals surface area (Å²) < 4.78 is 9.26. The number of fused-ring (bicyclic) bond motifs is 1. The summed E-state index contributed by atoms with van der Waals surface area (Å²) in [5, 5.41) is 12.4. The van der Waals surface area contributed by atoms with Gasteiger partial charge >= 0.3 is 0 Å². The van der Waals surface area contributed by atoms with Crippen LogP contribution in [-0.2, 0) is 11.8 Å². The van der Waals surface area contributed by atoms with Crippen molar-refractivity contribution in [1.82, 2.24) is 24.5 Å². The fourth-order valence-corrected chi connectivity index (χ4v) is 4.78. The molecule has 0 aromatic carbocycles. The molecule has 3 aromatic heterocycles. The van der Waals surface area contributed by atoms with Crippen LogP contribution in [0.25, 0.3) is 22.2 Å². The molecule has 5 rings (SSSR count). The van der Waals surface area contributed by atoms with Gasteiger partial charge in [0.2, 0.25) is 0 Å². The zero-order valence-corrected chi connectivity index (χ0v) is 17.8. The lowest BCUT2D eigenvalue weighted by molar-refractivity contribution is 0.122. The van der Waals surface area contributed by atoms with Crippen molar-refractivity contribution in [3.8, 4) is 11.3 Å². The maximum atomic E-state index is 13.4. The molecule has 4 heterocycles. The number of rotatable bonds is 5. The molecular weight excluding hydrogens is 382 g/mol. The van der Waals surface area contributed by atoms with Crippen LogP contribution in [0.5, 0.6) is 0 Å². The molecule has 0 spiro atoms. The molecule has 2 aliphatic rings. The first kappa shape index (κ1) is 19.2. The van der Waals surface area contributed by atoms with Crippen LogP contribution in [-0.4, -0.2) is 50.8 Å². The third-order valence-electron chi connectivity index (χ3n) is 6.36. The Bertz CT molecular complexity index is 1130. The van der Waals surface area contributed by atoms with E-state index in [4.69, 9.17) is 15.6 Å². The quantitative estimate of drug-likeness (QED) is 0.666. The molecular formula is C21H29N7O2. The normalized spacial score (nSPS) is 18.5. The van der Waals surface area contributed by atoms with E-state index in [0.29, 0.717) is 36.0 Å². The molecule has 9 heteroatoms. The number of nitrogens with two attached hydrogens (primary N) is 1. The van der Waals surface area contributed by atoms with Crippen molar-refractivity contribution in [2.45, 2.75) is 32.7 Å². The fraction of sp³-hybridized carbons (Fsp3) is 0.571. The van der Waals surface area contributed by atoms with E-state index in [1.54, 1.807) is 0 Å². The van der Waals surface area contributed by atoms with Gasteiger partial charge in [0, 0.05) is 44.0 Å². The average Bonchev–Trinajstić information content (AvgIpc) is 3.36. The number of hydrogen-bond donors (Lipinski definition) is 2. The first-order valence-corrected chi connectivity index (χ1v) is 10.7. The summed E-state index contributed by atoms with van der Waals surface area (Å²) >= 11 is 0. The van der Waals surface area contributed by atoms with E-state index in [-0.39, 0.29) is 17.4 Å². The van der Waals surface area contributed by atoms with Crippen molar-refractivity contribution in [3.63, 3.8) is 0 Å². The number of nitrogens with one attached hydrogen (secondary N) is 1. The van der Waals surface area contributed by atoms with Gasteiger partial charge in [-0.2, -0.15) is 10.2 Å². The molecule has 3 aromatic rings. The van der Waals surface area contributed by atoms with Crippen molar-refractivity contribution in [2.75, 3.05) is 36.9 Å². The van der Waals surface area contributed by atoms with Crippen molar-refractivity contribution in [1.29, 1.82) is 0 Å². The largest absolute Gasteiger partial charge is 0.382 e. The predicted molar refractivity (Wildman–Crippen MR) is 117 cm³/mol. The standard InChI is InChI=1S/C21H29N7O2/c1-12(2)19(13-4-5-13)28-11-14(18-17(21(28)29)20(22)24-23-18)15-10-16(26(3)25-15)27-6-8-30-9-7-27/h10-13,19H,4-9H2,1-3H3,(H3,22,23,24). The summed E-state index contributed by atoms with van der Waals surface area (Å²) in [6.45, 7) is 7.45. The second-order valence-electron chi connectivity index (χ2n) is 8.80. The van der Waals surface area contributed by atoms with Crippen LogP contribution >= 0.6 is 0 Å². The minimum atomic E-state index is -0.0741. The van der Waals surface area contributed by atoms with Crippen LogP contribution in [0.1, 0.15) is 32.7 Å². The summed E-state index contributed by atoms with van der Waals surface area (Å²) in [6.07, 6.45) is 4.28. The van der Waals surface area contributed by atoms with Crippen LogP contribution in [0.3, 0.4) is 0 Å². The Morgan fingerprint density at radius 3 is 2.67 bits per heavy atom. The maximum Gasteiger partial charge on any atom is 0.264 e. The Morgan fingerprint density at radius 2 is 2.00 bits per heavy atom. The lowest BCUT2D eigenvalue weighted by Crippen LogP contribution is -2.37. The molecule has 30 heavy (non-hydrogen) atoms. The van der Waals surface area contributed by atoms with Crippen LogP contribution in [0, 0.1) is 11.8 Å². The highest BCUT2D eigenvalue weighted by atomic mass is 16.5. The first-order chi connectivity index (χ1) is 14.5. The van der Waals surface area contributed by atoms with Crippen molar-refractivity contribution >= 4 is 22.5 Å². The number of morpholine rings is 1. The molecule has 3 N–H and O–H groups in total. The smallest absolute Gasteiger partial charge is 0.264 e. The van der Waals surface area contributed by atoms with Gasteiger partial charge in [0.05, 0.1) is 24.4 Å². The van der Waals surface area contributed by atoms with Gasteiger partial charge in [-0.3, -0.25) is 14.6 Å². The second-order valence-corrected chi connectivity index (χ2v) is 8.80. The molecule has 0 bridgehead atoms. The van der Waals surface area contributed by atoms with Gasteiger partial charge in [0.1, 0.15) is 11.2 Å². The molecule has 1 saturated carbocycles. The Balaban J connectivity index is 1.68. The van der Waals surface area contributed by atoms with E-state index < -0.39 is 0 Å². The van der Waals surface area contributed by atoms with Crippen molar-refractivity contribution < 1.29 is 4.74 Å². The van der Waals surface area contributed by atoms with E-state index in [1.165, 1.54) is 0 Å². The van der Waals surface area contributed by atoms with Crippen LogP contribution < -0.4 is 16.2 Å². The van der Waals surface area contributed by atoms with Crippen LogP contribution in [0.4, 0.5) is 11.6 Å². The van der Waals surface area contributed by atoms with Crippen LogP contribution in [0.15, 0.2) is 17.1 Å². The molecule has 1 unspecified atom stereocenters. The molecule has 160 valence electrons. The zero-order chi connectivity index (χ0) is 21.0. The monoisotopic (exact) mass is 411 g/mol. The Kier molecular flexibility index (Phi) is 4.57. The number of anilines is 2. The summed E-state index contributed by atoms with van der Waals surface area (Å²) in [5.74, 6) is 2.16. The lowest BCUT2D eigenvalue weighted by atomic mass is 9.98. The van der Waals surface area contributed by atoms with Gasteiger partial charge < -0.3 is 19.9 Å². The Labute approximate surface area is 174 Å². The first-order valence-electron chi connectivity index (χ1n) is 10.7. The molecule has 0 radical (unpaired) electrons. The molecule has 1 aliphatic heterocycles. The summed E-state index contributed by atoms with van der Waals surface area (Å²) in [5.41, 5.74) is 8.35. The number of ether oxygens (including phenoxy) is 1. The van der Waals surface area contributed by atoms with E-state index in [0.717, 1.165) is 43.0 Å². The Morgan fingerprint density at radius 1 is 1.27 bits per heavy atom. The maximum absolute atomic E-state index is 13.4. The number of aryl methyl sites for hydroxylation is 1. The highest BCUT2D eigenvalue weighted by Crippen LogP contribution is 2.44. The van der Waals surface area contributed by atoms with Crippen molar-refractivity contribution in [2.24, 2.45) is 18.9 Å². The molecule has 2 fully saturated rings. The van der Waals surface area contributed by atoms with Gasteiger partial charge in [-0.1, -0.05) is 13.8 Å². The number of nitrogen functional groups attached to an aromatic ring is 1. The number of H-pyrrole nitrogens is 1. The molecule has 9 nitrogen and oxygen atoms in total. The second kappa shape index (κ2) is 7.16. The zero-order valence-electron chi connectivity index (χ0n) is 17.8. The van der Waals surface area contributed by atoms with Gasteiger partial charge in [-0.25, -0.2) is 0 Å². The van der Waals surface area contributed by atoms with Gasteiger partial charge in [-0.05, 0) is 24.7 Å². The summed E-state index contributed by atoms with van der Waals surface area (Å²) in [6, 6.07) is 2.23. The highest BCUT2D eigenvalue weighted by Gasteiger charge is 2.36. The van der Waals surface area contributed by atoms with Gasteiger partial charge in [0.15, 0.2) is 5.82 Å².